The summed E-state index contributed by atoms with van der Waals surface area (Å²) in [4.78, 5) is 11.0. The highest BCUT2D eigenvalue weighted by Crippen LogP contribution is 2.26. The van der Waals surface area contributed by atoms with Crippen molar-refractivity contribution in [2.75, 3.05) is 0 Å². The van der Waals surface area contributed by atoms with Gasteiger partial charge in [0, 0.05) is 0 Å². The molecule has 2 aromatic rings. The fourth-order valence-corrected chi connectivity index (χ4v) is 2.39. The highest BCUT2D eigenvalue weighted by atomic mass is 16.4. The molecule has 0 fully saturated rings. The van der Waals surface area contributed by atoms with Crippen LogP contribution < -0.4 is 0 Å². The third-order valence-corrected chi connectivity index (χ3v) is 3.60. The minimum absolute atomic E-state index is 0.355. The highest BCUT2D eigenvalue weighted by Gasteiger charge is 2.13. The Hall–Kier alpha value is -2.09. The van der Waals surface area contributed by atoms with Gasteiger partial charge in [0.05, 0.1) is 5.92 Å². The number of carboxylic acid groups (broad SMARTS) is 1. The van der Waals surface area contributed by atoms with Gasteiger partial charge in [-0.2, -0.15) is 0 Å². The van der Waals surface area contributed by atoms with Crippen LogP contribution in [0.15, 0.2) is 48.5 Å². The average molecular weight is 268 g/mol. The van der Waals surface area contributed by atoms with Gasteiger partial charge in [0.15, 0.2) is 0 Å². The fraction of sp³-hybridized carbons (Fsp3) is 0.278. The zero-order valence-electron chi connectivity index (χ0n) is 12.0. The normalized spacial score (nSPS) is 12.1. The molecule has 0 heterocycles. The lowest BCUT2D eigenvalue weighted by atomic mass is 9.92. The molecule has 0 aliphatic heterocycles. The minimum atomic E-state index is -0.745. The Morgan fingerprint density at radius 2 is 1.85 bits per heavy atom. The molecule has 0 saturated heterocycles. The number of aryl methyl sites for hydroxylation is 1. The molecule has 0 aliphatic carbocycles. The van der Waals surface area contributed by atoms with Gasteiger partial charge in [0.1, 0.15) is 0 Å². The molecule has 0 aromatic heterocycles. The number of hydrogen-bond acceptors (Lipinski definition) is 1. The molecule has 104 valence electrons. The molecule has 20 heavy (non-hydrogen) atoms. The van der Waals surface area contributed by atoms with Crippen molar-refractivity contribution >= 4 is 5.97 Å². The van der Waals surface area contributed by atoms with E-state index in [1.54, 1.807) is 6.92 Å². The van der Waals surface area contributed by atoms with Crippen molar-refractivity contribution in [1.29, 1.82) is 0 Å². The van der Waals surface area contributed by atoms with Crippen molar-refractivity contribution in [3.63, 3.8) is 0 Å². The van der Waals surface area contributed by atoms with Crippen LogP contribution in [0.4, 0.5) is 0 Å². The summed E-state index contributed by atoms with van der Waals surface area (Å²) in [6.45, 7) is 3.89. The maximum atomic E-state index is 11.0. The Kier molecular flexibility index (Phi) is 4.57. The summed E-state index contributed by atoms with van der Waals surface area (Å²) in [7, 11) is 0. The van der Waals surface area contributed by atoms with Gasteiger partial charge in [-0.15, -0.1) is 0 Å². The fourth-order valence-electron chi connectivity index (χ4n) is 2.39. The lowest BCUT2D eigenvalue weighted by Gasteiger charge is -2.12. The average Bonchev–Trinajstić information content (AvgIpc) is 2.48. The standard InChI is InChI=1S/C18H20O2/c1-3-15-10-9-14(11-13(2)18(19)20)12-17(15)16-7-5-4-6-8-16/h4-10,12-13H,3,11H2,1-2H3,(H,19,20). The van der Waals surface area contributed by atoms with Gasteiger partial charge in [0.2, 0.25) is 0 Å². The Morgan fingerprint density at radius 1 is 1.15 bits per heavy atom. The van der Waals surface area contributed by atoms with E-state index in [0.717, 1.165) is 12.0 Å². The highest BCUT2D eigenvalue weighted by molar-refractivity contribution is 5.71. The molecule has 1 atom stereocenters. The van der Waals surface area contributed by atoms with Crippen molar-refractivity contribution in [1.82, 2.24) is 0 Å². The molecule has 2 rings (SSSR count). The maximum absolute atomic E-state index is 11.0. The summed E-state index contributed by atoms with van der Waals surface area (Å²) in [5.74, 6) is -1.10. The van der Waals surface area contributed by atoms with Gasteiger partial charge in [-0.05, 0) is 35.1 Å². The van der Waals surface area contributed by atoms with Crippen LogP contribution in [0, 0.1) is 5.92 Å². The van der Waals surface area contributed by atoms with E-state index in [0.29, 0.717) is 6.42 Å². The van der Waals surface area contributed by atoms with Gasteiger partial charge in [-0.3, -0.25) is 4.79 Å². The molecule has 0 radical (unpaired) electrons. The summed E-state index contributed by atoms with van der Waals surface area (Å²) in [5.41, 5.74) is 4.77. The molecule has 0 aliphatic rings. The van der Waals surface area contributed by atoms with E-state index < -0.39 is 5.97 Å². The van der Waals surface area contributed by atoms with E-state index >= 15 is 0 Å². The van der Waals surface area contributed by atoms with E-state index in [9.17, 15) is 4.79 Å². The first-order valence-corrected chi connectivity index (χ1v) is 7.01. The third-order valence-electron chi connectivity index (χ3n) is 3.60. The minimum Gasteiger partial charge on any atom is -0.481 e. The van der Waals surface area contributed by atoms with Crippen LogP contribution in [-0.2, 0) is 17.6 Å². The zero-order valence-corrected chi connectivity index (χ0v) is 12.0. The summed E-state index contributed by atoms with van der Waals surface area (Å²) < 4.78 is 0. The van der Waals surface area contributed by atoms with Crippen LogP contribution in [0.2, 0.25) is 0 Å². The van der Waals surface area contributed by atoms with Gasteiger partial charge < -0.3 is 5.11 Å². The number of benzene rings is 2. The molecule has 1 unspecified atom stereocenters. The summed E-state index contributed by atoms with van der Waals surface area (Å²) >= 11 is 0. The van der Waals surface area contributed by atoms with E-state index in [1.807, 2.05) is 24.3 Å². The summed E-state index contributed by atoms with van der Waals surface area (Å²) in [6, 6.07) is 16.6. The molecule has 2 heteroatoms. The lowest BCUT2D eigenvalue weighted by molar-refractivity contribution is -0.141. The molecule has 0 spiro atoms. The molecule has 0 saturated carbocycles. The predicted molar refractivity (Wildman–Crippen MR) is 81.8 cm³/mol. The lowest BCUT2D eigenvalue weighted by Crippen LogP contribution is -2.12. The molecule has 2 nitrogen and oxygen atoms in total. The van der Waals surface area contributed by atoms with Crippen LogP contribution in [0.3, 0.4) is 0 Å². The Morgan fingerprint density at radius 3 is 2.45 bits per heavy atom. The first-order valence-electron chi connectivity index (χ1n) is 7.01. The van der Waals surface area contributed by atoms with Crippen LogP contribution in [0.25, 0.3) is 11.1 Å². The SMILES string of the molecule is CCc1ccc(CC(C)C(=O)O)cc1-c1ccccc1. The third kappa shape index (κ3) is 3.27. The van der Waals surface area contributed by atoms with Gasteiger partial charge in [0.25, 0.3) is 0 Å². The Labute approximate surface area is 120 Å². The molecule has 0 bridgehead atoms. The van der Waals surface area contributed by atoms with E-state index in [-0.39, 0.29) is 5.92 Å². The van der Waals surface area contributed by atoms with E-state index in [2.05, 4.69) is 31.2 Å². The first-order chi connectivity index (χ1) is 9.61. The second kappa shape index (κ2) is 6.38. The Bertz CT molecular complexity index is 588. The number of carboxylic acids is 1. The maximum Gasteiger partial charge on any atom is 0.306 e. The Balaban J connectivity index is 2.37. The first kappa shape index (κ1) is 14.3. The number of hydrogen-bond donors (Lipinski definition) is 1. The molecule has 1 N–H and O–H groups in total. The van der Waals surface area contributed by atoms with E-state index in [1.165, 1.54) is 16.7 Å². The van der Waals surface area contributed by atoms with Crippen molar-refractivity contribution in [2.45, 2.75) is 26.7 Å². The summed E-state index contributed by atoms with van der Waals surface area (Å²) in [6.07, 6.45) is 1.54. The van der Waals surface area contributed by atoms with Crippen LogP contribution in [0.1, 0.15) is 25.0 Å². The van der Waals surface area contributed by atoms with Crippen molar-refractivity contribution in [3.8, 4) is 11.1 Å². The van der Waals surface area contributed by atoms with Gasteiger partial charge in [-0.25, -0.2) is 0 Å². The molecular weight excluding hydrogens is 248 g/mol. The van der Waals surface area contributed by atoms with Crippen LogP contribution in [-0.4, -0.2) is 11.1 Å². The molecule has 0 amide bonds. The molecule has 2 aromatic carbocycles. The zero-order chi connectivity index (χ0) is 14.5. The quantitative estimate of drug-likeness (QED) is 0.883. The van der Waals surface area contributed by atoms with Gasteiger partial charge in [-0.1, -0.05) is 62.4 Å². The largest absolute Gasteiger partial charge is 0.481 e. The van der Waals surface area contributed by atoms with Crippen molar-refractivity contribution < 1.29 is 9.90 Å². The van der Waals surface area contributed by atoms with Crippen LogP contribution in [0.5, 0.6) is 0 Å². The van der Waals surface area contributed by atoms with E-state index in [4.69, 9.17) is 5.11 Å². The smallest absolute Gasteiger partial charge is 0.306 e. The summed E-state index contributed by atoms with van der Waals surface area (Å²) in [5, 5.41) is 9.03. The second-order valence-corrected chi connectivity index (χ2v) is 5.15. The van der Waals surface area contributed by atoms with Gasteiger partial charge >= 0.3 is 5.97 Å². The van der Waals surface area contributed by atoms with Crippen LogP contribution >= 0.6 is 0 Å². The number of carbonyl (C=O) groups is 1. The predicted octanol–water partition coefficient (Wildman–Crippen LogP) is 4.18. The topological polar surface area (TPSA) is 37.3 Å². The second-order valence-electron chi connectivity index (χ2n) is 5.15. The van der Waals surface area contributed by atoms with Crippen molar-refractivity contribution in [3.05, 3.63) is 59.7 Å². The monoisotopic (exact) mass is 268 g/mol. The van der Waals surface area contributed by atoms with Crippen molar-refractivity contribution in [2.24, 2.45) is 5.92 Å². The number of rotatable bonds is 5. The molecular formula is C18H20O2. The number of aliphatic carboxylic acids is 1.